The lowest BCUT2D eigenvalue weighted by Gasteiger charge is -2.17. The van der Waals surface area contributed by atoms with Crippen molar-refractivity contribution in [3.05, 3.63) is 22.4 Å². The third-order valence-corrected chi connectivity index (χ3v) is 2.64. The van der Waals surface area contributed by atoms with Crippen LogP contribution in [0, 0.1) is 0 Å². The molecule has 68 valence electrons. The highest BCUT2D eigenvalue weighted by atomic mass is 32.1. The Morgan fingerprint density at radius 3 is 2.75 bits per heavy atom. The molecule has 0 bridgehead atoms. The first kappa shape index (κ1) is 9.71. The van der Waals surface area contributed by atoms with Gasteiger partial charge >= 0.3 is 0 Å². The average Bonchev–Trinajstić information content (AvgIpc) is 2.51. The fraction of sp³-hybridized carbons (Fsp3) is 0.556. The number of hydrogen-bond donors (Lipinski definition) is 2. The highest BCUT2D eigenvalue weighted by Crippen LogP contribution is 2.18. The molecule has 1 heterocycles. The molecule has 1 aromatic heterocycles. The van der Waals surface area contributed by atoms with Crippen LogP contribution in [0.3, 0.4) is 0 Å². The summed E-state index contributed by atoms with van der Waals surface area (Å²) in [5.74, 6) is 0. The summed E-state index contributed by atoms with van der Waals surface area (Å²) in [6.07, 6.45) is 0. The monoisotopic (exact) mass is 184 g/mol. The lowest BCUT2D eigenvalue weighted by atomic mass is 10.2. The van der Waals surface area contributed by atoms with Crippen LogP contribution in [0.5, 0.6) is 0 Å². The molecule has 1 atom stereocenters. The fourth-order valence-electron chi connectivity index (χ4n) is 1.16. The summed E-state index contributed by atoms with van der Waals surface area (Å²) in [5, 5.41) is 5.50. The van der Waals surface area contributed by atoms with Gasteiger partial charge in [-0.05, 0) is 11.4 Å². The van der Waals surface area contributed by atoms with Gasteiger partial charge in [0.25, 0.3) is 0 Å². The summed E-state index contributed by atoms with van der Waals surface area (Å²) < 4.78 is 0. The van der Waals surface area contributed by atoms with Crippen LogP contribution in [0.4, 0.5) is 0 Å². The molecule has 0 saturated heterocycles. The molecule has 1 rings (SSSR count). The van der Waals surface area contributed by atoms with E-state index in [1.807, 2.05) is 0 Å². The zero-order valence-corrected chi connectivity index (χ0v) is 8.40. The summed E-state index contributed by atoms with van der Waals surface area (Å²) in [5.41, 5.74) is 5.66. The highest BCUT2D eigenvalue weighted by Gasteiger charge is 2.10. The third kappa shape index (κ3) is 2.59. The van der Waals surface area contributed by atoms with Crippen molar-refractivity contribution in [2.75, 3.05) is 6.54 Å². The first-order valence-electron chi connectivity index (χ1n) is 4.23. The maximum absolute atomic E-state index is 5.66. The lowest BCUT2D eigenvalue weighted by molar-refractivity contribution is 0.489. The maximum atomic E-state index is 5.66. The van der Waals surface area contributed by atoms with Crippen molar-refractivity contribution < 1.29 is 0 Å². The van der Waals surface area contributed by atoms with Gasteiger partial charge in [0.2, 0.25) is 0 Å². The SMILES string of the molecule is CC(C)NC(CN)c1cccs1. The van der Waals surface area contributed by atoms with Crippen molar-refractivity contribution >= 4 is 11.3 Å². The van der Waals surface area contributed by atoms with Gasteiger partial charge in [0, 0.05) is 17.5 Å². The minimum atomic E-state index is 0.324. The first-order chi connectivity index (χ1) is 5.74. The zero-order chi connectivity index (χ0) is 8.97. The second-order valence-electron chi connectivity index (χ2n) is 3.13. The molecule has 0 aliphatic rings. The topological polar surface area (TPSA) is 38.0 Å². The molecule has 0 aromatic carbocycles. The summed E-state index contributed by atoms with van der Waals surface area (Å²) >= 11 is 1.76. The number of hydrogen-bond acceptors (Lipinski definition) is 3. The number of rotatable bonds is 4. The van der Waals surface area contributed by atoms with Gasteiger partial charge in [0.1, 0.15) is 0 Å². The van der Waals surface area contributed by atoms with Gasteiger partial charge < -0.3 is 11.1 Å². The van der Waals surface area contributed by atoms with Crippen molar-refractivity contribution in [1.29, 1.82) is 0 Å². The van der Waals surface area contributed by atoms with Gasteiger partial charge in [-0.15, -0.1) is 11.3 Å². The van der Waals surface area contributed by atoms with Crippen LogP contribution in [-0.2, 0) is 0 Å². The van der Waals surface area contributed by atoms with E-state index in [1.165, 1.54) is 4.88 Å². The van der Waals surface area contributed by atoms with Gasteiger partial charge in [-0.3, -0.25) is 0 Å². The quantitative estimate of drug-likeness (QED) is 0.748. The van der Waals surface area contributed by atoms with Crippen LogP contribution >= 0.6 is 11.3 Å². The van der Waals surface area contributed by atoms with Gasteiger partial charge in [0.05, 0.1) is 6.04 Å². The van der Waals surface area contributed by atoms with Crippen molar-refractivity contribution in [3.63, 3.8) is 0 Å². The summed E-state index contributed by atoms with van der Waals surface area (Å²) in [7, 11) is 0. The zero-order valence-electron chi connectivity index (χ0n) is 7.58. The summed E-state index contributed by atoms with van der Waals surface area (Å²) in [6, 6.07) is 4.99. The smallest absolute Gasteiger partial charge is 0.0541 e. The Labute approximate surface area is 77.8 Å². The third-order valence-electron chi connectivity index (χ3n) is 1.66. The Hall–Kier alpha value is -0.380. The molecule has 0 saturated carbocycles. The van der Waals surface area contributed by atoms with E-state index in [0.717, 1.165) is 0 Å². The van der Waals surface area contributed by atoms with Gasteiger partial charge in [-0.2, -0.15) is 0 Å². The van der Waals surface area contributed by atoms with Gasteiger partial charge in [0.15, 0.2) is 0 Å². The molecule has 0 aliphatic heterocycles. The van der Waals surface area contributed by atoms with Gasteiger partial charge in [-0.25, -0.2) is 0 Å². The Kier molecular flexibility index (Phi) is 3.72. The van der Waals surface area contributed by atoms with Crippen LogP contribution in [-0.4, -0.2) is 12.6 Å². The second kappa shape index (κ2) is 4.60. The minimum Gasteiger partial charge on any atom is -0.329 e. The number of thiophene rings is 1. The van der Waals surface area contributed by atoms with Crippen molar-refractivity contribution in [1.82, 2.24) is 5.32 Å². The molecule has 2 nitrogen and oxygen atoms in total. The normalized spacial score (nSPS) is 13.7. The molecule has 1 unspecified atom stereocenters. The molecular weight excluding hydrogens is 168 g/mol. The molecular formula is C9H16N2S. The van der Waals surface area contributed by atoms with Crippen LogP contribution in [0.1, 0.15) is 24.8 Å². The van der Waals surface area contributed by atoms with E-state index < -0.39 is 0 Å². The highest BCUT2D eigenvalue weighted by molar-refractivity contribution is 7.10. The molecule has 0 spiro atoms. The predicted molar refractivity (Wildman–Crippen MR) is 54.4 cm³/mol. The van der Waals surface area contributed by atoms with E-state index in [2.05, 4.69) is 36.7 Å². The first-order valence-corrected chi connectivity index (χ1v) is 5.11. The fourth-order valence-corrected chi connectivity index (χ4v) is 1.96. The van der Waals surface area contributed by atoms with E-state index in [1.54, 1.807) is 11.3 Å². The number of nitrogens with one attached hydrogen (secondary N) is 1. The Balaban J connectivity index is 2.57. The van der Waals surface area contributed by atoms with Crippen molar-refractivity contribution in [2.24, 2.45) is 5.73 Å². The molecule has 0 aliphatic carbocycles. The molecule has 12 heavy (non-hydrogen) atoms. The van der Waals surface area contributed by atoms with Gasteiger partial charge in [-0.1, -0.05) is 19.9 Å². The van der Waals surface area contributed by atoms with E-state index in [9.17, 15) is 0 Å². The standard InChI is InChI=1S/C9H16N2S/c1-7(2)11-8(6-10)9-4-3-5-12-9/h3-5,7-8,11H,6,10H2,1-2H3. The van der Waals surface area contributed by atoms with Crippen LogP contribution in [0.2, 0.25) is 0 Å². The van der Waals surface area contributed by atoms with Crippen LogP contribution in [0.25, 0.3) is 0 Å². The van der Waals surface area contributed by atoms with Crippen molar-refractivity contribution in [3.8, 4) is 0 Å². The number of nitrogens with two attached hydrogens (primary N) is 1. The Morgan fingerprint density at radius 2 is 2.33 bits per heavy atom. The van der Waals surface area contributed by atoms with Crippen molar-refractivity contribution in [2.45, 2.75) is 25.9 Å². The molecule has 0 radical (unpaired) electrons. The molecule has 0 amide bonds. The average molecular weight is 184 g/mol. The molecule has 0 fully saturated rings. The van der Waals surface area contributed by atoms with Crippen LogP contribution < -0.4 is 11.1 Å². The van der Waals surface area contributed by atoms with E-state index in [-0.39, 0.29) is 0 Å². The largest absolute Gasteiger partial charge is 0.329 e. The maximum Gasteiger partial charge on any atom is 0.0541 e. The lowest BCUT2D eigenvalue weighted by Crippen LogP contribution is -2.32. The van der Waals surface area contributed by atoms with E-state index in [4.69, 9.17) is 5.73 Å². The molecule has 3 heteroatoms. The molecule has 3 N–H and O–H groups in total. The Morgan fingerprint density at radius 1 is 1.58 bits per heavy atom. The summed E-state index contributed by atoms with van der Waals surface area (Å²) in [6.45, 7) is 4.94. The Bertz CT molecular complexity index is 206. The van der Waals surface area contributed by atoms with E-state index >= 15 is 0 Å². The van der Waals surface area contributed by atoms with E-state index in [0.29, 0.717) is 18.6 Å². The van der Waals surface area contributed by atoms with Crippen LogP contribution in [0.15, 0.2) is 17.5 Å². The predicted octanol–water partition coefficient (Wildman–Crippen LogP) is 1.75. The second-order valence-corrected chi connectivity index (χ2v) is 4.10. The molecule has 1 aromatic rings. The summed E-state index contributed by atoms with van der Waals surface area (Å²) in [4.78, 5) is 1.33. The minimum absolute atomic E-state index is 0.324.